The van der Waals surface area contributed by atoms with E-state index in [9.17, 15) is 4.79 Å². The number of methoxy groups -OCH3 is 1. The Morgan fingerprint density at radius 3 is 2.76 bits per heavy atom. The lowest BCUT2D eigenvalue weighted by atomic mass is 10.1. The number of nitrogens with zero attached hydrogens (tertiary/aromatic N) is 4. The van der Waals surface area contributed by atoms with E-state index in [1.807, 2.05) is 38.1 Å². The first-order chi connectivity index (χ1) is 12.1. The maximum absolute atomic E-state index is 12.5. The van der Waals surface area contributed by atoms with Gasteiger partial charge in [0.15, 0.2) is 0 Å². The molecular formula is C18H19N5O2. The summed E-state index contributed by atoms with van der Waals surface area (Å²) in [7, 11) is 1.57. The molecule has 0 bridgehead atoms. The number of hydrogen-bond donors (Lipinski definition) is 1. The third-order valence-corrected chi connectivity index (χ3v) is 3.85. The van der Waals surface area contributed by atoms with E-state index in [1.165, 1.54) is 6.33 Å². The number of pyridine rings is 1. The molecule has 0 atom stereocenters. The Hall–Kier alpha value is -3.22. The molecule has 0 saturated heterocycles. The summed E-state index contributed by atoms with van der Waals surface area (Å²) >= 11 is 0. The van der Waals surface area contributed by atoms with Gasteiger partial charge in [0.2, 0.25) is 5.88 Å². The Morgan fingerprint density at radius 2 is 2.08 bits per heavy atom. The molecule has 7 nitrogen and oxygen atoms in total. The van der Waals surface area contributed by atoms with Crippen molar-refractivity contribution in [2.75, 3.05) is 7.11 Å². The van der Waals surface area contributed by atoms with Gasteiger partial charge in [0.25, 0.3) is 5.91 Å². The third kappa shape index (κ3) is 3.65. The van der Waals surface area contributed by atoms with Crippen molar-refractivity contribution in [3.63, 3.8) is 0 Å². The standard InChI is InChI=1S/C18H19N5O2/c1-12-8-15(23-11-19-10-21-23)6-7-16(12)17(24)20-9-14-5-4-13(2)22-18(14)25-3/h4-8,10-11H,9H2,1-3H3,(H,20,24). The molecule has 0 spiro atoms. The number of nitrogens with one attached hydrogen (secondary N) is 1. The van der Waals surface area contributed by atoms with Gasteiger partial charge < -0.3 is 10.1 Å². The number of benzene rings is 1. The second-order valence-electron chi connectivity index (χ2n) is 5.64. The van der Waals surface area contributed by atoms with Crippen LogP contribution in [-0.2, 0) is 6.54 Å². The second kappa shape index (κ2) is 7.12. The van der Waals surface area contributed by atoms with Crippen molar-refractivity contribution in [2.24, 2.45) is 0 Å². The second-order valence-corrected chi connectivity index (χ2v) is 5.64. The van der Waals surface area contributed by atoms with Gasteiger partial charge in [-0.25, -0.2) is 14.6 Å². The van der Waals surface area contributed by atoms with Crippen LogP contribution in [0.4, 0.5) is 0 Å². The van der Waals surface area contributed by atoms with Gasteiger partial charge in [-0.3, -0.25) is 4.79 Å². The first-order valence-corrected chi connectivity index (χ1v) is 7.83. The first kappa shape index (κ1) is 16.6. The molecule has 2 heterocycles. The van der Waals surface area contributed by atoms with E-state index >= 15 is 0 Å². The minimum atomic E-state index is -0.148. The topological polar surface area (TPSA) is 81.9 Å². The Kier molecular flexibility index (Phi) is 4.74. The van der Waals surface area contributed by atoms with Crippen LogP contribution in [0.15, 0.2) is 43.0 Å². The average Bonchev–Trinajstić information content (AvgIpc) is 3.14. The van der Waals surface area contributed by atoms with E-state index in [1.54, 1.807) is 24.2 Å². The lowest BCUT2D eigenvalue weighted by molar-refractivity contribution is 0.0950. The van der Waals surface area contributed by atoms with Gasteiger partial charge in [0, 0.05) is 23.4 Å². The summed E-state index contributed by atoms with van der Waals surface area (Å²) < 4.78 is 6.92. The van der Waals surface area contributed by atoms with Gasteiger partial charge in [-0.1, -0.05) is 6.07 Å². The van der Waals surface area contributed by atoms with Crippen LogP contribution in [0.2, 0.25) is 0 Å². The number of rotatable bonds is 5. The molecule has 0 aliphatic heterocycles. The minimum Gasteiger partial charge on any atom is -0.481 e. The van der Waals surface area contributed by atoms with Crippen molar-refractivity contribution in [1.29, 1.82) is 0 Å². The van der Waals surface area contributed by atoms with Crippen molar-refractivity contribution in [1.82, 2.24) is 25.1 Å². The number of aryl methyl sites for hydroxylation is 2. The van der Waals surface area contributed by atoms with Crippen molar-refractivity contribution in [2.45, 2.75) is 20.4 Å². The van der Waals surface area contributed by atoms with Gasteiger partial charge in [-0.05, 0) is 43.7 Å². The molecule has 25 heavy (non-hydrogen) atoms. The van der Waals surface area contributed by atoms with Crippen LogP contribution in [0.1, 0.15) is 27.2 Å². The SMILES string of the molecule is COc1nc(C)ccc1CNC(=O)c1ccc(-n2cncn2)cc1C. The molecule has 1 N–H and O–H groups in total. The summed E-state index contributed by atoms with van der Waals surface area (Å²) in [5, 5.41) is 7.00. The van der Waals surface area contributed by atoms with Crippen molar-refractivity contribution in [3.05, 3.63) is 65.4 Å². The van der Waals surface area contributed by atoms with Crippen LogP contribution in [0.25, 0.3) is 5.69 Å². The molecule has 3 rings (SSSR count). The molecule has 0 unspecified atom stereocenters. The summed E-state index contributed by atoms with van der Waals surface area (Å²) in [5.41, 5.74) is 4.03. The van der Waals surface area contributed by atoms with E-state index in [4.69, 9.17) is 4.74 Å². The molecule has 7 heteroatoms. The quantitative estimate of drug-likeness (QED) is 0.772. The molecule has 0 radical (unpaired) electrons. The minimum absolute atomic E-state index is 0.148. The molecule has 3 aromatic rings. The normalized spacial score (nSPS) is 10.5. The van der Waals surface area contributed by atoms with E-state index in [0.29, 0.717) is 18.0 Å². The van der Waals surface area contributed by atoms with Gasteiger partial charge in [0.05, 0.1) is 12.8 Å². The third-order valence-electron chi connectivity index (χ3n) is 3.85. The van der Waals surface area contributed by atoms with Gasteiger partial charge in [-0.15, -0.1) is 0 Å². The maximum atomic E-state index is 12.5. The summed E-state index contributed by atoms with van der Waals surface area (Å²) in [6, 6.07) is 9.32. The predicted octanol–water partition coefficient (Wildman–Crippen LogP) is 2.22. The van der Waals surface area contributed by atoms with E-state index < -0.39 is 0 Å². The number of hydrogen-bond acceptors (Lipinski definition) is 5. The molecule has 0 saturated carbocycles. The number of ether oxygens (including phenoxy) is 1. The molecule has 128 valence electrons. The largest absolute Gasteiger partial charge is 0.481 e. The fourth-order valence-electron chi connectivity index (χ4n) is 2.53. The zero-order chi connectivity index (χ0) is 17.8. The molecule has 0 aliphatic carbocycles. The van der Waals surface area contributed by atoms with Gasteiger partial charge in [-0.2, -0.15) is 5.10 Å². The Labute approximate surface area is 145 Å². The summed E-state index contributed by atoms with van der Waals surface area (Å²) in [6.07, 6.45) is 3.09. The average molecular weight is 337 g/mol. The van der Waals surface area contributed by atoms with E-state index in [-0.39, 0.29) is 5.91 Å². The smallest absolute Gasteiger partial charge is 0.251 e. The summed E-state index contributed by atoms with van der Waals surface area (Å²) in [4.78, 5) is 20.7. The van der Waals surface area contributed by atoms with Gasteiger partial charge in [0.1, 0.15) is 12.7 Å². The van der Waals surface area contributed by atoms with Crippen LogP contribution in [0.3, 0.4) is 0 Å². The number of aromatic nitrogens is 4. The lowest BCUT2D eigenvalue weighted by Gasteiger charge is -2.11. The van der Waals surface area contributed by atoms with Gasteiger partial charge >= 0.3 is 0 Å². The fraction of sp³-hybridized carbons (Fsp3) is 0.222. The Balaban J connectivity index is 1.73. The number of carbonyl (C=O) groups is 1. The first-order valence-electron chi connectivity index (χ1n) is 7.83. The van der Waals surface area contributed by atoms with Crippen LogP contribution in [-0.4, -0.2) is 32.8 Å². The highest BCUT2D eigenvalue weighted by Crippen LogP contribution is 2.17. The summed E-state index contributed by atoms with van der Waals surface area (Å²) in [5.74, 6) is 0.379. The summed E-state index contributed by atoms with van der Waals surface area (Å²) in [6.45, 7) is 4.13. The zero-order valence-electron chi connectivity index (χ0n) is 14.4. The van der Waals surface area contributed by atoms with Crippen LogP contribution >= 0.6 is 0 Å². The number of carbonyl (C=O) groups excluding carboxylic acids is 1. The van der Waals surface area contributed by atoms with Crippen LogP contribution in [0, 0.1) is 13.8 Å². The highest BCUT2D eigenvalue weighted by atomic mass is 16.5. The fourth-order valence-corrected chi connectivity index (χ4v) is 2.53. The van der Waals surface area contributed by atoms with Crippen LogP contribution in [0.5, 0.6) is 5.88 Å². The number of amides is 1. The molecule has 2 aromatic heterocycles. The van der Waals surface area contributed by atoms with Crippen molar-refractivity contribution < 1.29 is 9.53 Å². The maximum Gasteiger partial charge on any atom is 0.251 e. The predicted molar refractivity (Wildman–Crippen MR) is 92.8 cm³/mol. The molecule has 1 aromatic carbocycles. The van der Waals surface area contributed by atoms with Crippen molar-refractivity contribution >= 4 is 5.91 Å². The lowest BCUT2D eigenvalue weighted by Crippen LogP contribution is -2.24. The van der Waals surface area contributed by atoms with Crippen molar-refractivity contribution in [3.8, 4) is 11.6 Å². The monoisotopic (exact) mass is 337 g/mol. The Morgan fingerprint density at radius 1 is 1.24 bits per heavy atom. The molecule has 0 fully saturated rings. The van der Waals surface area contributed by atoms with Crippen LogP contribution < -0.4 is 10.1 Å². The van der Waals surface area contributed by atoms with E-state index in [2.05, 4.69) is 20.4 Å². The highest BCUT2D eigenvalue weighted by Gasteiger charge is 2.12. The molecule has 0 aliphatic rings. The zero-order valence-corrected chi connectivity index (χ0v) is 14.4. The Bertz CT molecular complexity index is 890. The highest BCUT2D eigenvalue weighted by molar-refractivity contribution is 5.95. The molecular weight excluding hydrogens is 318 g/mol. The van der Waals surface area contributed by atoms with E-state index in [0.717, 1.165) is 22.5 Å². The molecule has 1 amide bonds.